The molecule has 0 saturated carbocycles. The van der Waals surface area contributed by atoms with E-state index in [2.05, 4.69) is 53.7 Å². The van der Waals surface area contributed by atoms with Gasteiger partial charge in [0.05, 0.1) is 9.83 Å². The van der Waals surface area contributed by atoms with Crippen molar-refractivity contribution < 1.29 is 0 Å². The Morgan fingerprint density at radius 2 is 2.22 bits per heavy atom. The zero-order chi connectivity index (χ0) is 13.3. The molecule has 1 saturated heterocycles. The van der Waals surface area contributed by atoms with Crippen molar-refractivity contribution in [2.24, 2.45) is 11.1 Å². The van der Waals surface area contributed by atoms with Crippen LogP contribution in [0.15, 0.2) is 15.9 Å². The third kappa shape index (κ3) is 3.16. The summed E-state index contributed by atoms with van der Waals surface area (Å²) in [5.41, 5.74) is 6.81. The molecule has 0 radical (unpaired) electrons. The maximum atomic E-state index is 6.38. The number of hydrogen-bond donors (Lipinski definition) is 1. The number of hydrogen-bond acceptors (Lipinski definition) is 3. The van der Waals surface area contributed by atoms with Crippen LogP contribution in [0.4, 0.5) is 0 Å². The highest BCUT2D eigenvalue weighted by Crippen LogP contribution is 2.39. The molecule has 0 aliphatic carbocycles. The topological polar surface area (TPSA) is 29.3 Å². The van der Waals surface area contributed by atoms with Gasteiger partial charge in [-0.2, -0.15) is 0 Å². The predicted octanol–water partition coefficient (Wildman–Crippen LogP) is 4.02. The van der Waals surface area contributed by atoms with E-state index < -0.39 is 0 Å². The summed E-state index contributed by atoms with van der Waals surface area (Å²) in [6, 6.07) is 4.97. The predicted molar refractivity (Wildman–Crippen MR) is 83.0 cm³/mol. The summed E-state index contributed by atoms with van der Waals surface area (Å²) < 4.78 is 1.20. The molecule has 1 aromatic heterocycles. The smallest absolute Gasteiger partial charge is 0.0702 e. The van der Waals surface area contributed by atoms with Crippen LogP contribution in [0.2, 0.25) is 0 Å². The van der Waals surface area contributed by atoms with Crippen LogP contribution in [-0.2, 0) is 0 Å². The van der Waals surface area contributed by atoms with E-state index in [0.717, 1.165) is 13.0 Å². The van der Waals surface area contributed by atoms with Gasteiger partial charge in [0.1, 0.15) is 0 Å². The first-order valence-corrected chi connectivity index (χ1v) is 8.29. The Bertz CT molecular complexity index is 402. The minimum absolute atomic E-state index is 0.226. The second-order valence-electron chi connectivity index (χ2n) is 6.04. The zero-order valence-electron chi connectivity index (χ0n) is 11.4. The summed E-state index contributed by atoms with van der Waals surface area (Å²) in [5.74, 6) is 0. The van der Waals surface area contributed by atoms with Crippen molar-refractivity contribution in [3.05, 3.63) is 20.8 Å². The molecule has 2 atom stereocenters. The van der Waals surface area contributed by atoms with Crippen LogP contribution >= 0.6 is 27.3 Å². The lowest BCUT2D eigenvalue weighted by molar-refractivity contribution is 0.192. The molecule has 1 aliphatic heterocycles. The van der Waals surface area contributed by atoms with Crippen LogP contribution in [0.1, 0.15) is 44.5 Å². The maximum Gasteiger partial charge on any atom is 0.0702 e. The van der Waals surface area contributed by atoms with E-state index in [1.165, 1.54) is 21.6 Å². The second-order valence-corrected chi connectivity index (χ2v) is 8.54. The fourth-order valence-corrected chi connectivity index (χ4v) is 4.40. The van der Waals surface area contributed by atoms with E-state index in [1.54, 1.807) is 0 Å². The summed E-state index contributed by atoms with van der Waals surface area (Å²) >= 11 is 5.38. The summed E-state index contributed by atoms with van der Waals surface area (Å²) in [6.45, 7) is 9.21. The summed E-state index contributed by atoms with van der Waals surface area (Å²) in [7, 11) is 0. The van der Waals surface area contributed by atoms with Gasteiger partial charge in [-0.3, -0.25) is 4.90 Å². The lowest BCUT2D eigenvalue weighted by Gasteiger charge is -2.32. The summed E-state index contributed by atoms with van der Waals surface area (Å²) in [6.07, 6.45) is 2.30. The lowest BCUT2D eigenvalue weighted by atomic mass is 9.93. The summed E-state index contributed by atoms with van der Waals surface area (Å²) in [5, 5.41) is 0. The van der Waals surface area contributed by atoms with Gasteiger partial charge in [-0.05, 0) is 52.9 Å². The van der Waals surface area contributed by atoms with Gasteiger partial charge in [-0.15, -0.1) is 11.3 Å². The fourth-order valence-electron chi connectivity index (χ4n) is 2.76. The van der Waals surface area contributed by atoms with Crippen molar-refractivity contribution in [2.75, 3.05) is 13.1 Å². The van der Waals surface area contributed by atoms with Crippen molar-refractivity contribution >= 4 is 27.3 Å². The number of rotatable bonds is 4. The van der Waals surface area contributed by atoms with E-state index in [9.17, 15) is 0 Å². The zero-order valence-corrected chi connectivity index (χ0v) is 13.9. The standard InChI is InChI=1S/C14H23BrN2S/c1-4-10(16)13(11-5-6-12(15)18-11)17-8-7-14(2,3)9-17/h5-6,10,13H,4,7-9,16H2,1-3H3. The first-order valence-electron chi connectivity index (χ1n) is 6.68. The molecular weight excluding hydrogens is 308 g/mol. The van der Waals surface area contributed by atoms with Crippen LogP contribution in [-0.4, -0.2) is 24.0 Å². The van der Waals surface area contributed by atoms with Gasteiger partial charge in [0.2, 0.25) is 0 Å². The van der Waals surface area contributed by atoms with Crippen LogP contribution < -0.4 is 5.73 Å². The van der Waals surface area contributed by atoms with E-state index in [1.807, 2.05) is 11.3 Å². The monoisotopic (exact) mass is 330 g/mol. The van der Waals surface area contributed by atoms with E-state index in [0.29, 0.717) is 11.5 Å². The molecule has 1 aliphatic rings. The van der Waals surface area contributed by atoms with E-state index >= 15 is 0 Å². The molecule has 2 rings (SSSR count). The van der Waals surface area contributed by atoms with Gasteiger partial charge in [0, 0.05) is 17.5 Å². The highest BCUT2D eigenvalue weighted by Gasteiger charge is 2.36. The van der Waals surface area contributed by atoms with Gasteiger partial charge in [0.25, 0.3) is 0 Å². The SMILES string of the molecule is CCC(N)C(c1ccc(Br)s1)N1CCC(C)(C)C1. The van der Waals surface area contributed by atoms with Crippen LogP contribution in [0.3, 0.4) is 0 Å². The first kappa shape index (κ1) is 14.5. The van der Waals surface area contributed by atoms with Crippen molar-refractivity contribution in [1.82, 2.24) is 4.90 Å². The van der Waals surface area contributed by atoms with Crippen molar-refractivity contribution in [3.63, 3.8) is 0 Å². The molecular formula is C14H23BrN2S. The molecule has 1 fully saturated rings. The number of thiophene rings is 1. The Balaban J connectivity index is 2.21. The molecule has 2 heterocycles. The van der Waals surface area contributed by atoms with Crippen LogP contribution in [0, 0.1) is 5.41 Å². The highest BCUT2D eigenvalue weighted by atomic mass is 79.9. The molecule has 0 amide bonds. The van der Waals surface area contributed by atoms with E-state index in [4.69, 9.17) is 5.73 Å². The quantitative estimate of drug-likeness (QED) is 0.903. The number of halogens is 1. The largest absolute Gasteiger partial charge is 0.326 e. The number of nitrogens with zero attached hydrogens (tertiary/aromatic N) is 1. The van der Waals surface area contributed by atoms with Crippen molar-refractivity contribution in [2.45, 2.75) is 45.7 Å². The Hall–Kier alpha value is 0.1000. The van der Waals surface area contributed by atoms with Gasteiger partial charge in [-0.1, -0.05) is 20.8 Å². The highest BCUT2D eigenvalue weighted by molar-refractivity contribution is 9.11. The lowest BCUT2D eigenvalue weighted by Crippen LogP contribution is -2.40. The molecule has 0 spiro atoms. The Morgan fingerprint density at radius 3 is 2.67 bits per heavy atom. The van der Waals surface area contributed by atoms with Crippen molar-refractivity contribution in [1.29, 1.82) is 0 Å². The molecule has 2 N–H and O–H groups in total. The third-order valence-electron chi connectivity index (χ3n) is 3.86. The average Bonchev–Trinajstić information content (AvgIpc) is 2.86. The molecule has 2 nitrogen and oxygen atoms in total. The first-order chi connectivity index (χ1) is 8.43. The Labute approximate surface area is 123 Å². The van der Waals surface area contributed by atoms with Gasteiger partial charge >= 0.3 is 0 Å². The number of nitrogens with two attached hydrogens (primary N) is 1. The summed E-state index contributed by atoms with van der Waals surface area (Å²) in [4.78, 5) is 3.97. The molecule has 18 heavy (non-hydrogen) atoms. The average molecular weight is 331 g/mol. The maximum absolute atomic E-state index is 6.38. The minimum atomic E-state index is 0.226. The van der Waals surface area contributed by atoms with E-state index in [-0.39, 0.29) is 6.04 Å². The molecule has 102 valence electrons. The molecule has 0 bridgehead atoms. The molecule has 4 heteroatoms. The van der Waals surface area contributed by atoms with Gasteiger partial charge in [-0.25, -0.2) is 0 Å². The molecule has 0 aromatic carbocycles. The Morgan fingerprint density at radius 1 is 1.50 bits per heavy atom. The third-order valence-corrected chi connectivity index (χ3v) is 5.56. The van der Waals surface area contributed by atoms with Gasteiger partial charge in [0.15, 0.2) is 0 Å². The van der Waals surface area contributed by atoms with Crippen LogP contribution in [0.25, 0.3) is 0 Å². The molecule has 1 aromatic rings. The fraction of sp³-hybridized carbons (Fsp3) is 0.714. The molecule has 2 unspecified atom stereocenters. The second kappa shape index (κ2) is 5.61. The van der Waals surface area contributed by atoms with Crippen molar-refractivity contribution in [3.8, 4) is 0 Å². The normalized spacial score (nSPS) is 23.2. The van der Waals surface area contributed by atoms with Crippen LogP contribution in [0.5, 0.6) is 0 Å². The Kier molecular flexibility index (Phi) is 4.52. The van der Waals surface area contributed by atoms with Gasteiger partial charge < -0.3 is 5.73 Å². The minimum Gasteiger partial charge on any atom is -0.326 e. The number of likely N-dealkylation sites (tertiary alicyclic amines) is 1.